The number of hydrogen-bond donors (Lipinski definition) is 0. The Morgan fingerprint density at radius 3 is 2.53 bits per heavy atom. The molecule has 0 aliphatic carbocycles. The summed E-state index contributed by atoms with van der Waals surface area (Å²) in [6.45, 7) is 2.11. The zero-order valence-electron chi connectivity index (χ0n) is 11.2. The second-order valence-corrected chi connectivity index (χ2v) is 5.74. The van der Waals surface area contributed by atoms with Gasteiger partial charge in [-0.05, 0) is 41.3 Å². The van der Waals surface area contributed by atoms with Gasteiger partial charge in [0.2, 0.25) is 0 Å². The Hall–Kier alpha value is -0.390. The maximum absolute atomic E-state index is 11.0. The molecule has 0 atom stereocenters. The molecule has 0 amide bonds. The van der Waals surface area contributed by atoms with E-state index in [1.807, 2.05) is 18.2 Å². The zero-order chi connectivity index (χ0) is 13.2. The van der Waals surface area contributed by atoms with Crippen LogP contribution >= 0.6 is 0 Å². The Kier molecular flexibility index (Phi) is 6.02. The van der Waals surface area contributed by atoms with E-state index < -0.39 is 10.1 Å². The third-order valence-corrected chi connectivity index (χ3v) is 3.86. The monoisotopic (exact) mass is 286 g/mol. The molecule has 2 rings (SSSR count). The van der Waals surface area contributed by atoms with Crippen molar-refractivity contribution in [1.29, 1.82) is 0 Å². The predicted molar refractivity (Wildman–Crippen MR) is 70.5 cm³/mol. The van der Waals surface area contributed by atoms with Crippen LogP contribution in [0, 0.1) is 0 Å². The number of hydrogen-bond acceptors (Lipinski definition) is 3. The maximum Gasteiger partial charge on any atom is 1.00 e. The topological polar surface area (TPSA) is 57.2 Å². The number of benzene rings is 2. The fourth-order valence-electron chi connectivity index (χ4n) is 2.06. The molecule has 5 heteroatoms. The van der Waals surface area contributed by atoms with Gasteiger partial charge >= 0.3 is 29.6 Å². The van der Waals surface area contributed by atoms with Crippen molar-refractivity contribution in [3.05, 3.63) is 42.0 Å². The van der Waals surface area contributed by atoms with E-state index >= 15 is 0 Å². The van der Waals surface area contributed by atoms with Crippen molar-refractivity contribution in [3.63, 3.8) is 0 Å². The molecule has 19 heavy (non-hydrogen) atoms. The summed E-state index contributed by atoms with van der Waals surface area (Å²) in [5.41, 5.74) is 1.10. The third kappa shape index (κ3) is 4.04. The Morgan fingerprint density at radius 1 is 1.16 bits per heavy atom. The molecule has 3 nitrogen and oxygen atoms in total. The number of unbranched alkanes of at least 4 members (excludes halogenated alkanes) is 1. The van der Waals surface area contributed by atoms with Crippen molar-refractivity contribution in [1.82, 2.24) is 0 Å². The second kappa shape index (κ2) is 6.86. The van der Waals surface area contributed by atoms with E-state index in [1.54, 1.807) is 6.07 Å². The maximum atomic E-state index is 11.0. The van der Waals surface area contributed by atoms with Crippen LogP contribution < -0.4 is 29.6 Å². The van der Waals surface area contributed by atoms with Gasteiger partial charge in [-0.15, -0.1) is 0 Å². The van der Waals surface area contributed by atoms with Gasteiger partial charge in [-0.25, -0.2) is 8.42 Å². The minimum Gasteiger partial charge on any atom is -0.744 e. The number of fused-ring (bicyclic) bond motifs is 1. The first-order valence-electron chi connectivity index (χ1n) is 6.00. The van der Waals surface area contributed by atoms with Crippen molar-refractivity contribution >= 4 is 20.9 Å². The van der Waals surface area contributed by atoms with Crippen LogP contribution in [0.15, 0.2) is 41.3 Å². The molecular formula is C14H15NaO3S. The summed E-state index contributed by atoms with van der Waals surface area (Å²) < 4.78 is 33.1. The molecule has 0 radical (unpaired) electrons. The molecule has 2 aromatic carbocycles. The number of aryl methyl sites for hydroxylation is 1. The van der Waals surface area contributed by atoms with E-state index in [4.69, 9.17) is 0 Å². The van der Waals surface area contributed by atoms with E-state index in [1.165, 1.54) is 12.1 Å². The standard InChI is InChI=1S/C14H16O3S.Na/c1-2-3-5-11-6-4-7-12-8-9-13(10-14(11)12)18(15,16)17;/h4,6-10H,2-3,5H2,1H3,(H,15,16,17);/q;+1/p-1. The molecule has 0 aromatic heterocycles. The third-order valence-electron chi connectivity index (χ3n) is 3.03. The fourth-order valence-corrected chi connectivity index (χ4v) is 2.55. The van der Waals surface area contributed by atoms with Crippen molar-refractivity contribution < 1.29 is 42.5 Å². The van der Waals surface area contributed by atoms with Gasteiger partial charge in [-0.1, -0.05) is 37.6 Å². The first-order chi connectivity index (χ1) is 8.52. The van der Waals surface area contributed by atoms with Crippen LogP contribution in [-0.2, 0) is 16.5 Å². The Morgan fingerprint density at radius 2 is 1.89 bits per heavy atom. The molecule has 0 fully saturated rings. The van der Waals surface area contributed by atoms with Crippen LogP contribution in [0.5, 0.6) is 0 Å². The normalized spacial score (nSPS) is 11.3. The van der Waals surface area contributed by atoms with E-state index in [0.29, 0.717) is 0 Å². The SMILES string of the molecule is CCCCc1cccc2ccc(S(=O)(=O)[O-])cc12.[Na+]. The summed E-state index contributed by atoms with van der Waals surface area (Å²) in [5, 5.41) is 1.83. The van der Waals surface area contributed by atoms with Gasteiger partial charge in [-0.2, -0.15) is 0 Å². The van der Waals surface area contributed by atoms with Gasteiger partial charge in [-0.3, -0.25) is 0 Å². The minimum absolute atomic E-state index is 0. The largest absolute Gasteiger partial charge is 1.00 e. The van der Waals surface area contributed by atoms with Crippen molar-refractivity contribution in [2.24, 2.45) is 0 Å². The van der Waals surface area contributed by atoms with E-state index in [2.05, 4.69) is 6.92 Å². The Bertz CT molecular complexity index is 665. The predicted octanol–water partition coefficient (Wildman–Crippen LogP) is 0.0905. The molecule has 2 aromatic rings. The van der Waals surface area contributed by atoms with E-state index in [0.717, 1.165) is 35.6 Å². The summed E-state index contributed by atoms with van der Waals surface area (Å²) in [5.74, 6) is 0. The average Bonchev–Trinajstić information content (AvgIpc) is 2.34. The quantitative estimate of drug-likeness (QED) is 0.591. The Balaban J connectivity index is 0.00000180. The van der Waals surface area contributed by atoms with Crippen LogP contribution in [-0.4, -0.2) is 13.0 Å². The minimum atomic E-state index is -4.38. The van der Waals surface area contributed by atoms with Crippen LogP contribution in [0.2, 0.25) is 0 Å². The molecule has 0 aliphatic heterocycles. The van der Waals surface area contributed by atoms with Crippen LogP contribution in [0.4, 0.5) is 0 Å². The van der Waals surface area contributed by atoms with Gasteiger partial charge in [0, 0.05) is 0 Å². The van der Waals surface area contributed by atoms with Crippen molar-refractivity contribution in [2.75, 3.05) is 0 Å². The number of rotatable bonds is 4. The molecule has 0 bridgehead atoms. The van der Waals surface area contributed by atoms with Crippen molar-refractivity contribution in [2.45, 2.75) is 31.1 Å². The summed E-state index contributed by atoms with van der Waals surface area (Å²) in [4.78, 5) is -0.154. The average molecular weight is 286 g/mol. The molecule has 0 N–H and O–H groups in total. The smallest absolute Gasteiger partial charge is 0.744 e. The molecule has 0 aliphatic rings. The van der Waals surface area contributed by atoms with E-state index in [-0.39, 0.29) is 34.5 Å². The van der Waals surface area contributed by atoms with Gasteiger partial charge in [0.05, 0.1) is 4.90 Å². The first kappa shape index (κ1) is 16.7. The van der Waals surface area contributed by atoms with Crippen LogP contribution in [0.1, 0.15) is 25.3 Å². The van der Waals surface area contributed by atoms with Crippen LogP contribution in [0.25, 0.3) is 10.8 Å². The van der Waals surface area contributed by atoms with E-state index in [9.17, 15) is 13.0 Å². The molecule has 0 heterocycles. The first-order valence-corrected chi connectivity index (χ1v) is 7.41. The molecule has 96 valence electrons. The zero-order valence-corrected chi connectivity index (χ0v) is 14.0. The molecule has 0 unspecified atom stereocenters. The molecule has 0 saturated heterocycles. The molecular weight excluding hydrogens is 271 g/mol. The van der Waals surface area contributed by atoms with Crippen LogP contribution in [0.3, 0.4) is 0 Å². The van der Waals surface area contributed by atoms with Crippen molar-refractivity contribution in [3.8, 4) is 0 Å². The summed E-state index contributed by atoms with van der Waals surface area (Å²) in [6.07, 6.45) is 3.03. The summed E-state index contributed by atoms with van der Waals surface area (Å²) >= 11 is 0. The second-order valence-electron chi connectivity index (χ2n) is 4.36. The molecule has 0 saturated carbocycles. The van der Waals surface area contributed by atoms with Gasteiger partial charge in [0.15, 0.2) is 0 Å². The molecule has 0 spiro atoms. The van der Waals surface area contributed by atoms with Gasteiger partial charge < -0.3 is 4.55 Å². The fraction of sp³-hybridized carbons (Fsp3) is 0.286. The summed E-state index contributed by atoms with van der Waals surface area (Å²) in [6, 6.07) is 10.4. The Labute approximate surface area is 136 Å². The van der Waals surface area contributed by atoms with Gasteiger partial charge in [0.1, 0.15) is 10.1 Å². The van der Waals surface area contributed by atoms with Gasteiger partial charge in [0.25, 0.3) is 0 Å². The summed E-state index contributed by atoms with van der Waals surface area (Å²) in [7, 11) is -4.38.